The van der Waals surface area contributed by atoms with E-state index < -0.39 is 6.16 Å². The number of carbonyl (C=O) groups is 1. The van der Waals surface area contributed by atoms with Gasteiger partial charge in [0.1, 0.15) is 11.9 Å². The molecule has 0 saturated carbocycles. The van der Waals surface area contributed by atoms with Gasteiger partial charge in [-0.2, -0.15) is 0 Å². The third-order valence-corrected chi connectivity index (χ3v) is 4.49. The van der Waals surface area contributed by atoms with Gasteiger partial charge in [0.05, 0.1) is 28.8 Å². The minimum atomic E-state index is -1.56. The van der Waals surface area contributed by atoms with Gasteiger partial charge in [0, 0.05) is 6.54 Å². The van der Waals surface area contributed by atoms with Crippen LogP contribution in [-0.4, -0.2) is 25.4 Å². The minimum Gasteiger partial charge on any atom is -0.485 e. The first-order valence-corrected chi connectivity index (χ1v) is 8.16. The van der Waals surface area contributed by atoms with Crippen LogP contribution in [0.3, 0.4) is 0 Å². The monoisotopic (exact) mass is 368 g/mol. The molecule has 1 aliphatic rings. The zero-order valence-corrected chi connectivity index (χ0v) is 14.1. The SMILES string of the molecule is O=C(F)NCC1CN(Cc2ccc(Cl)c(Cl)c2)c2ccccc2O1. The molecule has 0 saturated heterocycles. The minimum absolute atomic E-state index is 0.0988. The summed E-state index contributed by atoms with van der Waals surface area (Å²) in [6.45, 7) is 1.20. The van der Waals surface area contributed by atoms with Gasteiger partial charge >= 0.3 is 6.16 Å². The van der Waals surface area contributed by atoms with E-state index in [1.807, 2.05) is 36.4 Å². The molecule has 0 fully saturated rings. The van der Waals surface area contributed by atoms with E-state index >= 15 is 0 Å². The summed E-state index contributed by atoms with van der Waals surface area (Å²) in [6, 6.07) is 13.1. The quantitative estimate of drug-likeness (QED) is 0.640. The Balaban J connectivity index is 1.81. The number of hydrogen-bond acceptors (Lipinski definition) is 3. The molecule has 1 unspecified atom stereocenters. The fraction of sp³-hybridized carbons (Fsp3) is 0.235. The van der Waals surface area contributed by atoms with Gasteiger partial charge in [-0.05, 0) is 29.8 Å². The number of nitrogens with one attached hydrogen (secondary N) is 1. The van der Waals surface area contributed by atoms with Gasteiger partial charge < -0.3 is 15.0 Å². The zero-order chi connectivity index (χ0) is 17.1. The molecule has 0 bridgehead atoms. The number of halogens is 3. The molecule has 24 heavy (non-hydrogen) atoms. The normalized spacial score (nSPS) is 16.3. The Hall–Kier alpha value is -1.98. The Kier molecular flexibility index (Phi) is 5.11. The second kappa shape index (κ2) is 7.28. The van der Waals surface area contributed by atoms with Crippen molar-refractivity contribution in [2.75, 3.05) is 18.0 Å². The molecule has 1 aliphatic heterocycles. The first kappa shape index (κ1) is 16.9. The highest BCUT2D eigenvalue weighted by Crippen LogP contribution is 2.34. The molecule has 0 aromatic heterocycles. The lowest BCUT2D eigenvalue weighted by Gasteiger charge is -2.36. The molecule has 3 rings (SSSR count). The van der Waals surface area contributed by atoms with Crippen LogP contribution in [0.5, 0.6) is 5.75 Å². The summed E-state index contributed by atoms with van der Waals surface area (Å²) in [7, 11) is 0. The molecule has 126 valence electrons. The van der Waals surface area contributed by atoms with Crippen LogP contribution in [0, 0.1) is 0 Å². The Morgan fingerprint density at radius 1 is 1.25 bits per heavy atom. The van der Waals surface area contributed by atoms with Crippen LogP contribution in [-0.2, 0) is 6.54 Å². The first-order valence-electron chi connectivity index (χ1n) is 7.41. The molecular formula is C17H15Cl2FN2O2. The number of nitrogens with zero attached hydrogens (tertiary/aromatic N) is 1. The molecule has 1 atom stereocenters. The number of ether oxygens (including phenoxy) is 1. The molecule has 2 aromatic rings. The highest BCUT2D eigenvalue weighted by atomic mass is 35.5. The molecule has 0 aliphatic carbocycles. The fourth-order valence-corrected chi connectivity index (χ4v) is 3.01. The lowest BCUT2D eigenvalue weighted by molar-refractivity contribution is 0.180. The second-order valence-corrected chi connectivity index (χ2v) is 6.31. The third-order valence-electron chi connectivity index (χ3n) is 3.75. The van der Waals surface area contributed by atoms with Gasteiger partial charge in [-0.15, -0.1) is 4.39 Å². The molecule has 0 spiro atoms. The molecule has 0 radical (unpaired) electrons. The number of fused-ring (bicyclic) bond motifs is 1. The predicted molar refractivity (Wildman–Crippen MR) is 92.9 cm³/mol. The molecule has 1 N–H and O–H groups in total. The van der Waals surface area contributed by atoms with Crippen LogP contribution in [0.25, 0.3) is 0 Å². The smallest absolute Gasteiger partial charge is 0.397 e. The van der Waals surface area contributed by atoms with Crippen LogP contribution < -0.4 is 15.0 Å². The van der Waals surface area contributed by atoms with Crippen LogP contribution in [0.4, 0.5) is 14.9 Å². The number of para-hydroxylation sites is 2. The van der Waals surface area contributed by atoms with Gasteiger partial charge in [-0.25, -0.2) is 4.79 Å². The molecule has 7 heteroatoms. The molecule has 2 aromatic carbocycles. The van der Waals surface area contributed by atoms with Crippen LogP contribution in [0.15, 0.2) is 42.5 Å². The first-order chi connectivity index (χ1) is 11.5. The molecule has 1 heterocycles. The number of hydrogen-bond donors (Lipinski definition) is 1. The van der Waals surface area contributed by atoms with Crippen molar-refractivity contribution in [3.63, 3.8) is 0 Å². The summed E-state index contributed by atoms with van der Waals surface area (Å²) in [5, 5.41) is 3.15. The summed E-state index contributed by atoms with van der Waals surface area (Å²) < 4.78 is 18.3. The standard InChI is InChI=1S/C17H15Cl2FN2O2/c18-13-6-5-11(7-14(13)19)9-22-10-12(8-21-17(20)23)24-16-4-2-1-3-15(16)22/h1-7,12H,8-10H2,(H,21,23). The van der Waals surface area contributed by atoms with E-state index in [2.05, 4.69) is 10.2 Å². The number of carbonyl (C=O) groups excluding carboxylic acids is 1. The fourth-order valence-electron chi connectivity index (χ4n) is 2.69. The lowest BCUT2D eigenvalue weighted by atomic mass is 10.1. The van der Waals surface area contributed by atoms with Crippen molar-refractivity contribution in [1.82, 2.24) is 5.32 Å². The largest absolute Gasteiger partial charge is 0.485 e. The van der Waals surface area contributed by atoms with Crippen LogP contribution in [0.1, 0.15) is 5.56 Å². The predicted octanol–water partition coefficient (Wildman–Crippen LogP) is 4.44. The van der Waals surface area contributed by atoms with Gasteiger partial charge in [0.2, 0.25) is 0 Å². The highest BCUT2D eigenvalue weighted by molar-refractivity contribution is 6.42. The van der Waals surface area contributed by atoms with Gasteiger partial charge in [-0.3, -0.25) is 0 Å². The van der Waals surface area contributed by atoms with E-state index in [0.717, 1.165) is 11.3 Å². The Labute approximate surface area is 149 Å². The summed E-state index contributed by atoms with van der Waals surface area (Å²) in [4.78, 5) is 12.6. The number of benzene rings is 2. The topological polar surface area (TPSA) is 41.6 Å². The lowest BCUT2D eigenvalue weighted by Crippen LogP contribution is -2.45. The van der Waals surface area contributed by atoms with Crippen molar-refractivity contribution in [1.29, 1.82) is 0 Å². The van der Waals surface area contributed by atoms with Crippen LogP contribution >= 0.6 is 23.2 Å². The van der Waals surface area contributed by atoms with Gasteiger partial charge in [0.15, 0.2) is 0 Å². The van der Waals surface area contributed by atoms with Gasteiger partial charge in [0.25, 0.3) is 0 Å². The average Bonchev–Trinajstić information content (AvgIpc) is 2.56. The van der Waals surface area contributed by atoms with Crippen molar-refractivity contribution < 1.29 is 13.9 Å². The zero-order valence-electron chi connectivity index (χ0n) is 12.6. The summed E-state index contributed by atoms with van der Waals surface area (Å²) in [5.41, 5.74) is 1.93. The van der Waals surface area contributed by atoms with Crippen molar-refractivity contribution in [3.05, 3.63) is 58.1 Å². The maximum absolute atomic E-state index is 12.4. The number of anilines is 1. The molecular weight excluding hydrogens is 354 g/mol. The van der Waals surface area contributed by atoms with Crippen molar-refractivity contribution in [2.24, 2.45) is 0 Å². The maximum Gasteiger partial charge on any atom is 0.397 e. The Bertz CT molecular complexity index is 757. The molecule has 1 amide bonds. The van der Waals surface area contributed by atoms with Crippen molar-refractivity contribution in [2.45, 2.75) is 12.6 Å². The highest BCUT2D eigenvalue weighted by Gasteiger charge is 2.26. The van der Waals surface area contributed by atoms with E-state index in [-0.39, 0.29) is 12.6 Å². The van der Waals surface area contributed by atoms with Gasteiger partial charge in [-0.1, -0.05) is 41.4 Å². The van der Waals surface area contributed by atoms with Crippen molar-refractivity contribution >= 4 is 35.1 Å². The van der Waals surface area contributed by atoms with Crippen LogP contribution in [0.2, 0.25) is 10.0 Å². The average molecular weight is 369 g/mol. The Morgan fingerprint density at radius 3 is 2.79 bits per heavy atom. The Morgan fingerprint density at radius 2 is 2.04 bits per heavy atom. The van der Waals surface area contributed by atoms with E-state index in [0.29, 0.717) is 28.9 Å². The van der Waals surface area contributed by atoms with Crippen molar-refractivity contribution in [3.8, 4) is 5.75 Å². The molecule has 4 nitrogen and oxygen atoms in total. The third kappa shape index (κ3) is 3.91. The maximum atomic E-state index is 12.4. The van der Waals surface area contributed by atoms with E-state index in [1.165, 1.54) is 0 Å². The summed E-state index contributed by atoms with van der Waals surface area (Å²) >= 11 is 12.0. The number of rotatable bonds is 4. The van der Waals surface area contributed by atoms with E-state index in [1.54, 1.807) is 6.07 Å². The second-order valence-electron chi connectivity index (χ2n) is 5.49. The van der Waals surface area contributed by atoms with E-state index in [4.69, 9.17) is 27.9 Å². The number of amides is 1. The van der Waals surface area contributed by atoms with E-state index in [9.17, 15) is 9.18 Å². The summed E-state index contributed by atoms with van der Waals surface area (Å²) in [5.74, 6) is 0.696. The summed E-state index contributed by atoms with van der Waals surface area (Å²) in [6.07, 6.45) is -1.91.